The van der Waals surface area contributed by atoms with Crippen LogP contribution < -0.4 is 22.6 Å². The van der Waals surface area contributed by atoms with Gasteiger partial charge in [0.25, 0.3) is 0 Å². The van der Waals surface area contributed by atoms with Gasteiger partial charge in [0, 0.05) is 6.20 Å². The molecule has 0 amide bonds. The highest BCUT2D eigenvalue weighted by Gasteiger charge is 2.44. The van der Waals surface area contributed by atoms with Gasteiger partial charge in [-0.1, -0.05) is 6.42 Å². The van der Waals surface area contributed by atoms with Crippen LogP contribution in [0.5, 0.6) is 0 Å². The summed E-state index contributed by atoms with van der Waals surface area (Å²) in [6.07, 6.45) is -4.32. The molecule has 2 rings (SSSR count). The number of rotatable bonds is 9. The topological polar surface area (TPSA) is 195 Å². The van der Waals surface area contributed by atoms with E-state index in [4.69, 9.17) is 27.5 Å². The Labute approximate surface area is 156 Å². The number of aromatic nitrogens is 2. The zero-order chi connectivity index (χ0) is 20.9. The van der Waals surface area contributed by atoms with E-state index >= 15 is 0 Å². The lowest BCUT2D eigenvalue weighted by molar-refractivity contribution is -0.151. The minimum Gasteiger partial charge on any atom is -0.462 e. The summed E-state index contributed by atoms with van der Waals surface area (Å²) in [4.78, 5) is 27.4. The van der Waals surface area contributed by atoms with Crippen molar-refractivity contribution in [2.75, 3.05) is 18.6 Å². The van der Waals surface area contributed by atoms with E-state index in [1.165, 1.54) is 0 Å². The molecule has 2 heterocycles. The van der Waals surface area contributed by atoms with Gasteiger partial charge >= 0.3 is 11.7 Å². The second-order valence-electron chi connectivity index (χ2n) is 6.03. The molecule has 1 fully saturated rings. The molecule has 8 N–H and O–H groups in total. The first-order valence-electron chi connectivity index (χ1n) is 8.91. The highest BCUT2D eigenvalue weighted by Crippen LogP contribution is 2.28. The molecule has 0 unspecified atom stereocenters. The quantitative estimate of drug-likeness (QED) is 0.151. The van der Waals surface area contributed by atoms with Gasteiger partial charge in [-0.2, -0.15) is 4.98 Å². The van der Waals surface area contributed by atoms with Crippen molar-refractivity contribution in [1.29, 1.82) is 0 Å². The van der Waals surface area contributed by atoms with Crippen molar-refractivity contribution >= 4 is 11.8 Å². The van der Waals surface area contributed by atoms with Gasteiger partial charge in [-0.25, -0.2) is 4.79 Å². The zero-order valence-corrected chi connectivity index (χ0v) is 14.5. The molecule has 0 aliphatic carbocycles. The first kappa shape index (κ1) is 19.7. The number of hydrogen-bond acceptors (Lipinski definition) is 11. The summed E-state index contributed by atoms with van der Waals surface area (Å²) in [5.41, 5.74) is 11.7. The summed E-state index contributed by atoms with van der Waals surface area (Å²) in [7, 11) is 0. The second-order valence-corrected chi connectivity index (χ2v) is 6.03. The van der Waals surface area contributed by atoms with Crippen molar-refractivity contribution in [3.8, 4) is 0 Å². The predicted octanol–water partition coefficient (Wildman–Crippen LogP) is -2.34. The third-order valence-electron chi connectivity index (χ3n) is 4.05. The van der Waals surface area contributed by atoms with Crippen molar-refractivity contribution in [3.63, 3.8) is 0 Å². The Morgan fingerprint density at radius 1 is 1.48 bits per heavy atom. The van der Waals surface area contributed by atoms with Crippen molar-refractivity contribution in [2.45, 2.75) is 49.8 Å². The lowest BCUT2D eigenvalue weighted by atomic mass is 10.1. The van der Waals surface area contributed by atoms with Crippen molar-refractivity contribution < 1.29 is 31.1 Å². The molecule has 0 saturated carbocycles. The van der Waals surface area contributed by atoms with Gasteiger partial charge in [-0.15, -0.1) is 0 Å². The molecular formula is C15H25N5O7. The fourth-order valence-electron chi connectivity index (χ4n) is 2.51. The molecule has 27 heavy (non-hydrogen) atoms. The van der Waals surface area contributed by atoms with E-state index in [0.29, 0.717) is 30.4 Å². The monoisotopic (exact) mass is 388 g/mol. The van der Waals surface area contributed by atoms with E-state index in [1.807, 2.05) is 0 Å². The van der Waals surface area contributed by atoms with Crippen LogP contribution in [0.1, 0.15) is 26.8 Å². The summed E-state index contributed by atoms with van der Waals surface area (Å²) < 4.78 is 19.2. The van der Waals surface area contributed by atoms with Crippen LogP contribution in [-0.2, 0) is 14.3 Å². The Morgan fingerprint density at radius 3 is 2.85 bits per heavy atom. The molecule has 0 bridgehead atoms. The van der Waals surface area contributed by atoms with E-state index < -0.39 is 48.8 Å². The molecule has 1 aliphatic rings. The average molecular weight is 388 g/mol. The highest BCUT2D eigenvalue weighted by atomic mass is 16.6. The minimum absolute atomic E-state index is 0.174. The Hall–Kier alpha value is -2.09. The summed E-state index contributed by atoms with van der Waals surface area (Å²) in [5, 5.41) is 29.1. The van der Waals surface area contributed by atoms with Crippen molar-refractivity contribution in [1.82, 2.24) is 9.55 Å². The smallest absolute Gasteiger partial charge is 0.351 e. The predicted molar refractivity (Wildman–Crippen MR) is 91.7 cm³/mol. The molecule has 152 valence electrons. The minimum atomic E-state index is -2.40. The highest BCUT2D eigenvalue weighted by molar-refractivity contribution is 5.75. The summed E-state index contributed by atoms with van der Waals surface area (Å²) in [6.45, 7) is 0.0116. The number of hydrogen-bond donors (Lipinski definition) is 6. The van der Waals surface area contributed by atoms with Crippen LogP contribution in [0.15, 0.2) is 17.1 Å². The van der Waals surface area contributed by atoms with Gasteiger partial charge in [0.2, 0.25) is 0 Å². The Bertz CT molecular complexity index is 735. The standard InChI is InChI=1S/C15H25N5O7/c16-5-2-1-3-8(17)14(23)26-7-9-11(21)12(22)13(27-9)20-6-4-10(19-25)18-15(20)24/h4,6,8-9,11-13,21-22,25H,1-3,5,7,16-17H2,(H,18,19,24)/t8-,9+,11+,12+,13+/m0/s1/i13D. The number of nitrogens with zero attached hydrogens (tertiary/aromatic N) is 2. The van der Waals surface area contributed by atoms with Crippen LogP contribution in [0.3, 0.4) is 0 Å². The van der Waals surface area contributed by atoms with Crippen LogP contribution in [0, 0.1) is 0 Å². The molecule has 1 aromatic heterocycles. The summed E-state index contributed by atoms with van der Waals surface area (Å²) in [5.74, 6) is -0.894. The third kappa shape index (κ3) is 5.22. The lowest BCUT2D eigenvalue weighted by Crippen LogP contribution is -2.38. The maximum atomic E-state index is 12.0. The maximum absolute atomic E-state index is 12.0. The van der Waals surface area contributed by atoms with E-state index in [1.54, 1.807) is 5.48 Å². The Kier molecular flexibility index (Phi) is 7.09. The number of aliphatic hydroxyl groups excluding tert-OH is 2. The van der Waals surface area contributed by atoms with Gasteiger partial charge in [0.15, 0.2) is 12.0 Å². The molecule has 0 aromatic carbocycles. The number of esters is 1. The van der Waals surface area contributed by atoms with Crippen LogP contribution in [0.4, 0.5) is 5.82 Å². The fourth-order valence-corrected chi connectivity index (χ4v) is 2.51. The molecule has 1 aliphatic heterocycles. The number of nitrogens with two attached hydrogens (primary N) is 2. The van der Waals surface area contributed by atoms with Gasteiger partial charge in [-0.3, -0.25) is 20.0 Å². The molecule has 5 atom stereocenters. The van der Waals surface area contributed by atoms with Gasteiger partial charge in [0.1, 0.15) is 31.0 Å². The van der Waals surface area contributed by atoms with Gasteiger partial charge in [0.05, 0.1) is 1.37 Å². The largest absolute Gasteiger partial charge is 0.462 e. The maximum Gasteiger partial charge on any atom is 0.351 e. The van der Waals surface area contributed by atoms with E-state index in [-0.39, 0.29) is 5.82 Å². The van der Waals surface area contributed by atoms with Crippen LogP contribution >= 0.6 is 0 Å². The number of nitrogens with one attached hydrogen (secondary N) is 1. The first-order chi connectivity index (χ1) is 13.2. The number of aliphatic hydroxyl groups is 2. The van der Waals surface area contributed by atoms with E-state index in [0.717, 1.165) is 12.3 Å². The molecule has 12 heteroatoms. The fraction of sp³-hybridized carbons (Fsp3) is 0.667. The van der Waals surface area contributed by atoms with Crippen molar-refractivity contribution in [3.05, 3.63) is 22.7 Å². The molecule has 1 aromatic rings. The van der Waals surface area contributed by atoms with Crippen molar-refractivity contribution in [2.24, 2.45) is 11.5 Å². The molecule has 1 saturated heterocycles. The molecule has 0 spiro atoms. The van der Waals surface area contributed by atoms with E-state index in [9.17, 15) is 19.8 Å². The van der Waals surface area contributed by atoms with Crippen LogP contribution in [0.25, 0.3) is 0 Å². The number of unbranched alkanes of at least 4 members (excludes halogenated alkanes) is 1. The van der Waals surface area contributed by atoms with E-state index in [2.05, 4.69) is 4.98 Å². The Balaban J connectivity index is 2.03. The third-order valence-corrected chi connectivity index (χ3v) is 4.05. The summed E-state index contributed by atoms with van der Waals surface area (Å²) >= 11 is 0. The van der Waals surface area contributed by atoms with Gasteiger partial charge in [-0.05, 0) is 25.5 Å². The number of carbonyl (C=O) groups is 1. The number of carbonyl (C=O) groups excluding carboxylic acids is 1. The number of anilines is 1. The zero-order valence-electron chi connectivity index (χ0n) is 15.5. The normalized spacial score (nSPS) is 29.2. The molecule has 12 nitrogen and oxygen atoms in total. The number of ether oxygens (including phenoxy) is 2. The van der Waals surface area contributed by atoms with Gasteiger partial charge < -0.3 is 31.2 Å². The second kappa shape index (κ2) is 9.73. The Morgan fingerprint density at radius 2 is 2.22 bits per heavy atom. The molecule has 0 radical (unpaired) electrons. The average Bonchev–Trinajstić information content (AvgIpc) is 2.90. The lowest BCUT2D eigenvalue weighted by Gasteiger charge is -2.17. The summed E-state index contributed by atoms with van der Waals surface area (Å²) in [6, 6.07) is 0.287. The SMILES string of the molecule is [2H][C@@]1(n2ccc(NO)nc2=O)O[C@H](COC(=O)[C@@H](N)CCCCN)[C@@H](O)[C@H]1O. The molecular weight excluding hydrogens is 362 g/mol. The van der Waals surface area contributed by atoms with Crippen LogP contribution in [0.2, 0.25) is 0 Å². The first-order valence-corrected chi connectivity index (χ1v) is 8.41. The van der Waals surface area contributed by atoms with Crippen LogP contribution in [-0.4, -0.2) is 68.4 Å².